The molecule has 0 unspecified atom stereocenters. The van der Waals surface area contributed by atoms with Crippen LogP contribution in [0.5, 0.6) is 23.0 Å². The SMILES string of the molecule is Cc1cc2c3c(c1)Oc1cccc4c1B3c1c(cccc1O2)C4. The van der Waals surface area contributed by atoms with Crippen LogP contribution in [0.4, 0.5) is 0 Å². The summed E-state index contributed by atoms with van der Waals surface area (Å²) in [6, 6.07) is 17.1. The highest BCUT2D eigenvalue weighted by molar-refractivity contribution is 6.99. The van der Waals surface area contributed by atoms with Crippen molar-refractivity contribution >= 4 is 23.1 Å². The summed E-state index contributed by atoms with van der Waals surface area (Å²) in [5, 5.41) is 0. The summed E-state index contributed by atoms with van der Waals surface area (Å²) < 4.78 is 12.5. The molecule has 0 aliphatic carbocycles. The Morgan fingerprint density at radius 3 is 1.87 bits per heavy atom. The number of benzene rings is 3. The number of rotatable bonds is 0. The van der Waals surface area contributed by atoms with Gasteiger partial charge in [-0.25, -0.2) is 0 Å². The minimum Gasteiger partial charge on any atom is -0.458 e. The average Bonchev–Trinajstić information content (AvgIpc) is 2.54. The van der Waals surface area contributed by atoms with Gasteiger partial charge in [0.1, 0.15) is 23.0 Å². The van der Waals surface area contributed by atoms with E-state index >= 15 is 0 Å². The van der Waals surface area contributed by atoms with Gasteiger partial charge in [0.25, 0.3) is 6.71 Å². The van der Waals surface area contributed by atoms with Gasteiger partial charge in [0.15, 0.2) is 0 Å². The van der Waals surface area contributed by atoms with Crippen molar-refractivity contribution in [2.75, 3.05) is 0 Å². The van der Waals surface area contributed by atoms with Gasteiger partial charge in [-0.3, -0.25) is 0 Å². The Kier molecular flexibility index (Phi) is 1.96. The molecule has 0 saturated heterocycles. The Labute approximate surface area is 134 Å². The molecule has 0 bridgehead atoms. The largest absolute Gasteiger partial charge is 0.458 e. The van der Waals surface area contributed by atoms with Gasteiger partial charge in [0.2, 0.25) is 0 Å². The van der Waals surface area contributed by atoms with Crippen molar-refractivity contribution < 1.29 is 9.47 Å². The molecule has 0 aromatic heterocycles. The fourth-order valence-corrected chi connectivity index (χ4v) is 4.38. The summed E-state index contributed by atoms with van der Waals surface area (Å²) in [7, 11) is 0. The topological polar surface area (TPSA) is 18.5 Å². The lowest BCUT2D eigenvalue weighted by Crippen LogP contribution is -2.61. The van der Waals surface area contributed by atoms with E-state index in [2.05, 4.69) is 55.5 Å². The van der Waals surface area contributed by atoms with Gasteiger partial charge < -0.3 is 9.47 Å². The summed E-state index contributed by atoms with van der Waals surface area (Å²) in [5.41, 5.74) is 7.75. The molecule has 0 fully saturated rings. The second-order valence-electron chi connectivity index (χ2n) is 6.65. The molecule has 108 valence electrons. The first-order valence-corrected chi connectivity index (χ1v) is 8.03. The average molecular weight is 296 g/mol. The summed E-state index contributed by atoms with van der Waals surface area (Å²) in [6.07, 6.45) is 0.950. The van der Waals surface area contributed by atoms with E-state index in [1.54, 1.807) is 0 Å². The van der Waals surface area contributed by atoms with E-state index in [1.165, 1.54) is 27.5 Å². The van der Waals surface area contributed by atoms with Crippen LogP contribution in [0.15, 0.2) is 48.5 Å². The molecule has 0 amide bonds. The molecule has 0 radical (unpaired) electrons. The summed E-state index contributed by atoms with van der Waals surface area (Å²) in [5.74, 6) is 3.88. The van der Waals surface area contributed by atoms with Crippen LogP contribution in [0, 0.1) is 6.92 Å². The maximum atomic E-state index is 6.25. The maximum Gasteiger partial charge on any atom is 0.261 e. The van der Waals surface area contributed by atoms with Crippen molar-refractivity contribution in [3.63, 3.8) is 0 Å². The van der Waals surface area contributed by atoms with Gasteiger partial charge >= 0.3 is 0 Å². The van der Waals surface area contributed by atoms with Crippen molar-refractivity contribution in [2.45, 2.75) is 13.3 Å². The highest BCUT2D eigenvalue weighted by Crippen LogP contribution is 2.38. The fraction of sp³-hybridized carbons (Fsp3) is 0.100. The molecule has 3 heteroatoms. The quantitative estimate of drug-likeness (QED) is 0.401. The van der Waals surface area contributed by atoms with Gasteiger partial charge in [-0.15, -0.1) is 0 Å². The monoisotopic (exact) mass is 296 g/mol. The van der Waals surface area contributed by atoms with Crippen molar-refractivity contribution in [1.29, 1.82) is 0 Å². The smallest absolute Gasteiger partial charge is 0.261 e. The third kappa shape index (κ3) is 1.36. The Bertz CT molecular complexity index is 946. The molecule has 3 aliphatic rings. The Morgan fingerprint density at radius 2 is 1.30 bits per heavy atom. The molecule has 6 rings (SSSR count). The first-order chi connectivity index (χ1) is 11.3. The molecule has 0 N–H and O–H groups in total. The normalized spacial score (nSPS) is 14.7. The van der Waals surface area contributed by atoms with E-state index in [9.17, 15) is 0 Å². The van der Waals surface area contributed by atoms with E-state index in [-0.39, 0.29) is 6.71 Å². The zero-order valence-electron chi connectivity index (χ0n) is 12.7. The zero-order valence-corrected chi connectivity index (χ0v) is 12.7. The molecular formula is C20H13BO2. The maximum absolute atomic E-state index is 6.25. The lowest BCUT2D eigenvalue weighted by Gasteiger charge is -2.38. The summed E-state index contributed by atoms with van der Waals surface area (Å²) in [6.45, 7) is 2.33. The second-order valence-corrected chi connectivity index (χ2v) is 6.65. The molecule has 3 heterocycles. The van der Waals surface area contributed by atoms with Crippen LogP contribution in [-0.4, -0.2) is 6.71 Å². The van der Waals surface area contributed by atoms with Gasteiger partial charge in [0.05, 0.1) is 0 Å². The fourth-order valence-electron chi connectivity index (χ4n) is 4.38. The van der Waals surface area contributed by atoms with Gasteiger partial charge in [0, 0.05) is 5.46 Å². The summed E-state index contributed by atoms with van der Waals surface area (Å²) >= 11 is 0. The third-order valence-corrected chi connectivity index (χ3v) is 5.25. The molecule has 3 aliphatic heterocycles. The lowest BCUT2D eigenvalue weighted by atomic mass is 9.32. The van der Waals surface area contributed by atoms with E-state index in [0.29, 0.717) is 0 Å². The highest BCUT2D eigenvalue weighted by atomic mass is 16.5. The second kappa shape index (κ2) is 3.80. The standard InChI is InChI=1S/C20H13BO2/c1-11-8-16-20-17(9-11)23-15-7-3-5-13-10-12-4-2-6-14(22-16)18(12)21(20)19(13)15/h2-9H,10H2,1H3. The number of aryl methyl sites for hydroxylation is 1. The van der Waals surface area contributed by atoms with E-state index in [4.69, 9.17) is 9.47 Å². The van der Waals surface area contributed by atoms with Crippen molar-refractivity contribution in [3.05, 3.63) is 65.2 Å². The van der Waals surface area contributed by atoms with E-state index in [1.807, 2.05) is 0 Å². The van der Waals surface area contributed by atoms with Crippen LogP contribution in [0.25, 0.3) is 0 Å². The predicted molar refractivity (Wildman–Crippen MR) is 91.7 cm³/mol. The molecule has 3 aromatic carbocycles. The first kappa shape index (κ1) is 11.8. The van der Waals surface area contributed by atoms with Crippen LogP contribution >= 0.6 is 0 Å². The molecular weight excluding hydrogens is 283 g/mol. The van der Waals surface area contributed by atoms with Crippen LogP contribution in [0.3, 0.4) is 0 Å². The van der Waals surface area contributed by atoms with Gasteiger partial charge in [-0.2, -0.15) is 0 Å². The van der Waals surface area contributed by atoms with Crippen LogP contribution < -0.4 is 25.9 Å². The van der Waals surface area contributed by atoms with Crippen molar-refractivity contribution in [1.82, 2.24) is 0 Å². The molecule has 3 aromatic rings. The summed E-state index contributed by atoms with van der Waals surface area (Å²) in [4.78, 5) is 0. The number of ether oxygens (including phenoxy) is 2. The van der Waals surface area contributed by atoms with Crippen LogP contribution in [-0.2, 0) is 6.42 Å². The van der Waals surface area contributed by atoms with Crippen molar-refractivity contribution in [3.8, 4) is 23.0 Å². The Balaban J connectivity index is 1.79. The highest BCUT2D eigenvalue weighted by Gasteiger charge is 2.44. The third-order valence-electron chi connectivity index (χ3n) is 5.25. The van der Waals surface area contributed by atoms with Crippen LogP contribution in [0.1, 0.15) is 16.7 Å². The molecule has 0 atom stereocenters. The minimum atomic E-state index is 0.245. The molecule has 2 nitrogen and oxygen atoms in total. The zero-order chi connectivity index (χ0) is 15.1. The Morgan fingerprint density at radius 1 is 0.739 bits per heavy atom. The number of hydrogen-bond acceptors (Lipinski definition) is 2. The van der Waals surface area contributed by atoms with Gasteiger partial charge in [-0.05, 0) is 65.2 Å². The number of hydrogen-bond donors (Lipinski definition) is 0. The lowest BCUT2D eigenvalue weighted by molar-refractivity contribution is 0.462. The van der Waals surface area contributed by atoms with E-state index < -0.39 is 0 Å². The molecule has 23 heavy (non-hydrogen) atoms. The van der Waals surface area contributed by atoms with Crippen molar-refractivity contribution in [2.24, 2.45) is 0 Å². The first-order valence-electron chi connectivity index (χ1n) is 8.03. The molecule has 0 spiro atoms. The van der Waals surface area contributed by atoms with E-state index in [0.717, 1.165) is 35.0 Å². The predicted octanol–water partition coefficient (Wildman–Crippen LogP) is 2.63. The molecule has 0 saturated carbocycles. The Hall–Kier alpha value is -2.68. The van der Waals surface area contributed by atoms with Crippen LogP contribution in [0.2, 0.25) is 0 Å². The van der Waals surface area contributed by atoms with Gasteiger partial charge in [-0.1, -0.05) is 24.3 Å². The minimum absolute atomic E-state index is 0.245.